The molecule has 3 heterocycles. The number of amides is 2. The molecule has 0 aliphatic carbocycles. The molecule has 3 aliphatic rings. The molecule has 4 rings (SSSR count). The van der Waals surface area contributed by atoms with Crippen molar-refractivity contribution in [3.63, 3.8) is 0 Å². The number of nitrogens with zero attached hydrogens (tertiary/aromatic N) is 3. The van der Waals surface area contributed by atoms with Crippen LogP contribution < -0.4 is 4.90 Å². The van der Waals surface area contributed by atoms with Crippen molar-refractivity contribution in [1.29, 1.82) is 0 Å². The van der Waals surface area contributed by atoms with Gasteiger partial charge in [-0.3, -0.25) is 9.59 Å². The van der Waals surface area contributed by atoms with Gasteiger partial charge in [0.2, 0.25) is 0 Å². The Bertz CT molecular complexity index is 618. The molecular formula is C18H21N3O2. The molecule has 5 heteroatoms. The molecule has 0 unspecified atom stereocenters. The Kier molecular flexibility index (Phi) is 3.56. The molecule has 1 aromatic carbocycles. The first kappa shape index (κ1) is 14.3. The fourth-order valence-electron chi connectivity index (χ4n) is 3.77. The average Bonchev–Trinajstić information content (AvgIpc) is 3.29. The third kappa shape index (κ3) is 2.31. The van der Waals surface area contributed by atoms with Crippen molar-refractivity contribution in [2.45, 2.75) is 25.7 Å². The van der Waals surface area contributed by atoms with Crippen LogP contribution in [0.1, 0.15) is 25.7 Å². The van der Waals surface area contributed by atoms with Crippen molar-refractivity contribution in [1.82, 2.24) is 9.80 Å². The van der Waals surface area contributed by atoms with Crippen LogP contribution in [-0.4, -0.2) is 47.8 Å². The normalized spacial score (nSPS) is 22.0. The molecule has 0 atom stereocenters. The highest BCUT2D eigenvalue weighted by atomic mass is 16.2. The van der Waals surface area contributed by atoms with E-state index in [1.165, 1.54) is 4.90 Å². The number of imide groups is 1. The molecule has 0 spiro atoms. The van der Waals surface area contributed by atoms with Crippen LogP contribution in [-0.2, 0) is 9.59 Å². The zero-order chi connectivity index (χ0) is 15.8. The van der Waals surface area contributed by atoms with Crippen LogP contribution in [0.2, 0.25) is 0 Å². The molecule has 2 fully saturated rings. The van der Waals surface area contributed by atoms with Gasteiger partial charge in [-0.15, -0.1) is 0 Å². The summed E-state index contributed by atoms with van der Waals surface area (Å²) in [6, 6.07) is 9.26. The second kappa shape index (κ2) is 5.72. The highest BCUT2D eigenvalue weighted by molar-refractivity contribution is 6.32. The van der Waals surface area contributed by atoms with E-state index in [0.29, 0.717) is 17.1 Å². The van der Waals surface area contributed by atoms with Crippen LogP contribution in [0.5, 0.6) is 0 Å². The number of carbonyl (C=O) groups excluding carboxylic acids is 2. The summed E-state index contributed by atoms with van der Waals surface area (Å²) in [6.45, 7) is 3.48. The van der Waals surface area contributed by atoms with Gasteiger partial charge in [0.25, 0.3) is 11.8 Å². The topological polar surface area (TPSA) is 43.9 Å². The average molecular weight is 311 g/mol. The monoisotopic (exact) mass is 311 g/mol. The second-order valence-electron chi connectivity index (χ2n) is 6.37. The van der Waals surface area contributed by atoms with E-state index in [2.05, 4.69) is 9.80 Å². The van der Waals surface area contributed by atoms with Crippen LogP contribution in [0.25, 0.3) is 0 Å². The lowest BCUT2D eigenvalue weighted by molar-refractivity contribution is -0.121. The fraction of sp³-hybridized carbons (Fsp3) is 0.444. The predicted octanol–water partition coefficient (Wildman–Crippen LogP) is 1.96. The van der Waals surface area contributed by atoms with Crippen LogP contribution in [0, 0.1) is 0 Å². The van der Waals surface area contributed by atoms with E-state index >= 15 is 0 Å². The summed E-state index contributed by atoms with van der Waals surface area (Å²) >= 11 is 0. The smallest absolute Gasteiger partial charge is 0.284 e. The van der Waals surface area contributed by atoms with E-state index in [-0.39, 0.29) is 11.8 Å². The summed E-state index contributed by atoms with van der Waals surface area (Å²) in [4.78, 5) is 31.7. The van der Waals surface area contributed by atoms with Crippen LogP contribution in [0.15, 0.2) is 41.7 Å². The third-order valence-corrected chi connectivity index (χ3v) is 4.89. The third-order valence-electron chi connectivity index (χ3n) is 4.89. The summed E-state index contributed by atoms with van der Waals surface area (Å²) in [5.74, 6) is -0.324. The number of hydrogen-bond acceptors (Lipinski definition) is 4. The number of hydrogen-bond donors (Lipinski definition) is 0. The van der Waals surface area contributed by atoms with Gasteiger partial charge in [-0.1, -0.05) is 18.2 Å². The van der Waals surface area contributed by atoms with Crippen LogP contribution in [0.3, 0.4) is 0 Å². The molecule has 0 radical (unpaired) electrons. The quantitative estimate of drug-likeness (QED) is 0.801. The van der Waals surface area contributed by atoms with Gasteiger partial charge in [-0.25, -0.2) is 4.90 Å². The van der Waals surface area contributed by atoms with Crippen molar-refractivity contribution >= 4 is 17.5 Å². The molecule has 2 amide bonds. The predicted molar refractivity (Wildman–Crippen MR) is 87.6 cm³/mol. The van der Waals surface area contributed by atoms with Crippen LogP contribution in [0.4, 0.5) is 5.69 Å². The van der Waals surface area contributed by atoms with Gasteiger partial charge in [0.1, 0.15) is 11.4 Å². The minimum absolute atomic E-state index is 0.162. The Morgan fingerprint density at radius 1 is 0.652 bits per heavy atom. The van der Waals surface area contributed by atoms with E-state index in [0.717, 1.165) is 51.9 Å². The lowest BCUT2D eigenvalue weighted by Crippen LogP contribution is -2.35. The van der Waals surface area contributed by atoms with E-state index in [1.54, 1.807) is 0 Å². The summed E-state index contributed by atoms with van der Waals surface area (Å²) in [5, 5.41) is 0. The lowest BCUT2D eigenvalue weighted by atomic mass is 10.3. The molecule has 0 bridgehead atoms. The first-order valence-corrected chi connectivity index (χ1v) is 8.45. The molecule has 23 heavy (non-hydrogen) atoms. The Hall–Kier alpha value is -2.30. The lowest BCUT2D eigenvalue weighted by Gasteiger charge is -2.23. The van der Waals surface area contributed by atoms with E-state index < -0.39 is 0 Å². The Morgan fingerprint density at radius 3 is 1.52 bits per heavy atom. The number of benzene rings is 1. The van der Waals surface area contributed by atoms with Gasteiger partial charge >= 0.3 is 0 Å². The Balaban J connectivity index is 1.76. The molecule has 120 valence electrons. The summed E-state index contributed by atoms with van der Waals surface area (Å²) in [5.41, 5.74) is 1.91. The molecule has 1 aromatic rings. The Labute approximate surface area is 136 Å². The fourth-order valence-corrected chi connectivity index (χ4v) is 3.77. The number of carbonyl (C=O) groups is 2. The van der Waals surface area contributed by atoms with E-state index in [1.807, 2.05) is 30.3 Å². The van der Waals surface area contributed by atoms with Crippen molar-refractivity contribution in [3.8, 4) is 0 Å². The SMILES string of the molecule is O=C1C(N2CCCC2)=C(N2CCCC2)C(=O)N1c1ccccc1. The van der Waals surface area contributed by atoms with Crippen LogP contribution >= 0.6 is 0 Å². The van der Waals surface area contributed by atoms with Gasteiger partial charge in [0.15, 0.2) is 0 Å². The minimum Gasteiger partial charge on any atom is -0.365 e. The zero-order valence-electron chi connectivity index (χ0n) is 13.2. The van der Waals surface area contributed by atoms with Gasteiger partial charge in [-0.2, -0.15) is 0 Å². The van der Waals surface area contributed by atoms with Crippen molar-refractivity contribution in [3.05, 3.63) is 41.7 Å². The number of para-hydroxylation sites is 1. The first-order chi connectivity index (χ1) is 11.3. The van der Waals surface area contributed by atoms with E-state index in [4.69, 9.17) is 0 Å². The summed E-state index contributed by atoms with van der Waals surface area (Å²) in [7, 11) is 0. The zero-order valence-corrected chi connectivity index (χ0v) is 13.2. The van der Waals surface area contributed by atoms with Crippen molar-refractivity contribution in [2.24, 2.45) is 0 Å². The number of likely N-dealkylation sites (tertiary alicyclic amines) is 2. The molecular weight excluding hydrogens is 290 g/mol. The summed E-state index contributed by atoms with van der Waals surface area (Å²) < 4.78 is 0. The van der Waals surface area contributed by atoms with Gasteiger partial charge in [-0.05, 0) is 37.8 Å². The minimum atomic E-state index is -0.162. The number of rotatable bonds is 3. The molecule has 0 N–H and O–H groups in total. The molecule has 2 saturated heterocycles. The highest BCUT2D eigenvalue weighted by Crippen LogP contribution is 2.33. The van der Waals surface area contributed by atoms with Gasteiger partial charge in [0.05, 0.1) is 5.69 Å². The largest absolute Gasteiger partial charge is 0.365 e. The number of anilines is 1. The second-order valence-corrected chi connectivity index (χ2v) is 6.37. The molecule has 5 nitrogen and oxygen atoms in total. The summed E-state index contributed by atoms with van der Waals surface area (Å²) in [6.07, 6.45) is 4.35. The molecule has 3 aliphatic heterocycles. The highest BCUT2D eigenvalue weighted by Gasteiger charge is 2.45. The van der Waals surface area contributed by atoms with Gasteiger partial charge in [0, 0.05) is 26.2 Å². The molecule has 0 saturated carbocycles. The van der Waals surface area contributed by atoms with E-state index in [9.17, 15) is 9.59 Å². The van der Waals surface area contributed by atoms with Crippen molar-refractivity contribution < 1.29 is 9.59 Å². The first-order valence-electron chi connectivity index (χ1n) is 8.45. The van der Waals surface area contributed by atoms with Gasteiger partial charge < -0.3 is 9.80 Å². The maximum atomic E-state index is 13.0. The standard InChI is InChI=1S/C18H21N3O2/c22-17-15(19-10-4-5-11-19)16(20-12-6-7-13-20)18(23)21(17)14-8-2-1-3-9-14/h1-3,8-9H,4-7,10-13H2. The maximum Gasteiger partial charge on any atom is 0.284 e. The Morgan fingerprint density at radius 2 is 1.09 bits per heavy atom. The molecule has 0 aromatic heterocycles. The van der Waals surface area contributed by atoms with Crippen molar-refractivity contribution in [2.75, 3.05) is 31.1 Å². The maximum absolute atomic E-state index is 13.0.